The summed E-state index contributed by atoms with van der Waals surface area (Å²) in [5, 5.41) is 0. The van der Waals surface area contributed by atoms with Gasteiger partial charge in [-0.05, 0) is 37.6 Å². The van der Waals surface area contributed by atoms with Gasteiger partial charge in [0.1, 0.15) is 0 Å². The van der Waals surface area contributed by atoms with Gasteiger partial charge in [-0.15, -0.1) is 0 Å². The van der Waals surface area contributed by atoms with Gasteiger partial charge in [-0.3, -0.25) is 4.79 Å². The topological polar surface area (TPSA) is 66.5 Å². The summed E-state index contributed by atoms with van der Waals surface area (Å²) in [7, 11) is -1.82. The Kier molecular flexibility index (Phi) is 6.33. The maximum absolute atomic E-state index is 12.5. The van der Waals surface area contributed by atoms with E-state index in [1.54, 1.807) is 36.2 Å². The fraction of sp³-hybridized carbons (Fsp3) is 0.316. The number of carbonyl (C=O) groups is 1. The fourth-order valence-electron chi connectivity index (χ4n) is 2.44. The van der Waals surface area contributed by atoms with E-state index in [0.29, 0.717) is 6.42 Å². The highest BCUT2D eigenvalue weighted by atomic mass is 32.2. The first-order valence-electron chi connectivity index (χ1n) is 8.20. The summed E-state index contributed by atoms with van der Waals surface area (Å²) < 4.78 is 27.0. The Hall–Kier alpha value is -2.18. The summed E-state index contributed by atoms with van der Waals surface area (Å²) in [6.07, 6.45) is 0.432. The minimum absolute atomic E-state index is 0.0410. The molecule has 0 radical (unpaired) electrons. The average Bonchev–Trinajstić information content (AvgIpc) is 2.61. The van der Waals surface area contributed by atoms with Crippen LogP contribution in [0.2, 0.25) is 0 Å². The first-order chi connectivity index (χ1) is 11.8. The highest BCUT2D eigenvalue weighted by Gasteiger charge is 2.20. The molecule has 2 aromatic carbocycles. The molecule has 1 N–H and O–H groups in total. The average molecular weight is 360 g/mol. The molecule has 0 bridgehead atoms. The maximum Gasteiger partial charge on any atom is 0.240 e. The minimum atomic E-state index is -3.55. The molecule has 1 atom stereocenters. The molecule has 0 aromatic heterocycles. The third kappa shape index (κ3) is 5.14. The number of hydrogen-bond donors (Lipinski definition) is 1. The van der Waals surface area contributed by atoms with Crippen LogP contribution in [0.15, 0.2) is 59.5 Å². The van der Waals surface area contributed by atoms with Crippen molar-refractivity contribution in [2.24, 2.45) is 5.92 Å². The predicted octanol–water partition coefficient (Wildman–Crippen LogP) is 2.96. The van der Waals surface area contributed by atoms with E-state index < -0.39 is 10.0 Å². The summed E-state index contributed by atoms with van der Waals surface area (Å²) >= 11 is 0. The van der Waals surface area contributed by atoms with Crippen LogP contribution in [-0.2, 0) is 14.8 Å². The third-order valence-corrected chi connectivity index (χ3v) is 5.57. The quantitative estimate of drug-likeness (QED) is 0.825. The molecule has 0 spiro atoms. The Labute approximate surface area is 149 Å². The van der Waals surface area contributed by atoms with E-state index in [1.807, 2.05) is 44.2 Å². The Balaban J connectivity index is 1.90. The summed E-state index contributed by atoms with van der Waals surface area (Å²) in [6, 6.07) is 16.1. The van der Waals surface area contributed by atoms with Gasteiger partial charge in [0.15, 0.2) is 0 Å². The number of hydrogen-bond acceptors (Lipinski definition) is 3. The number of amides is 1. The van der Waals surface area contributed by atoms with Crippen molar-refractivity contribution in [1.29, 1.82) is 0 Å². The zero-order valence-electron chi connectivity index (χ0n) is 14.8. The van der Waals surface area contributed by atoms with Crippen molar-refractivity contribution in [3.63, 3.8) is 0 Å². The molecule has 0 heterocycles. The van der Waals surface area contributed by atoms with Crippen LogP contribution >= 0.6 is 0 Å². The number of anilines is 1. The van der Waals surface area contributed by atoms with E-state index in [4.69, 9.17) is 0 Å². The van der Waals surface area contributed by atoms with E-state index in [1.165, 1.54) is 0 Å². The summed E-state index contributed by atoms with van der Waals surface area (Å²) in [6.45, 7) is 3.92. The second-order valence-electron chi connectivity index (χ2n) is 6.13. The first-order valence-corrected chi connectivity index (χ1v) is 9.68. The van der Waals surface area contributed by atoms with Gasteiger partial charge in [-0.2, -0.15) is 0 Å². The van der Waals surface area contributed by atoms with Gasteiger partial charge >= 0.3 is 0 Å². The van der Waals surface area contributed by atoms with Crippen molar-refractivity contribution in [2.75, 3.05) is 18.5 Å². The molecule has 0 aliphatic carbocycles. The van der Waals surface area contributed by atoms with Gasteiger partial charge in [0.05, 0.1) is 4.90 Å². The second kappa shape index (κ2) is 8.27. The highest BCUT2D eigenvalue weighted by molar-refractivity contribution is 7.89. The molecule has 6 heteroatoms. The van der Waals surface area contributed by atoms with Gasteiger partial charge in [0.25, 0.3) is 0 Å². The van der Waals surface area contributed by atoms with Crippen molar-refractivity contribution in [1.82, 2.24) is 4.72 Å². The molecule has 0 fully saturated rings. The molecule has 5 nitrogen and oxygen atoms in total. The van der Waals surface area contributed by atoms with Crippen LogP contribution in [0.3, 0.4) is 0 Å². The molecule has 2 rings (SSSR count). The lowest BCUT2D eigenvalue weighted by atomic mass is 10.1. The number of nitrogens with zero attached hydrogens (tertiary/aromatic N) is 1. The Morgan fingerprint density at radius 2 is 1.68 bits per heavy atom. The number of carbonyl (C=O) groups excluding carboxylic acids is 1. The molecule has 0 saturated carbocycles. The molecule has 134 valence electrons. The summed E-state index contributed by atoms with van der Waals surface area (Å²) in [5.74, 6) is -0.327. The van der Waals surface area contributed by atoms with Gasteiger partial charge in [0.2, 0.25) is 15.9 Å². The van der Waals surface area contributed by atoms with E-state index >= 15 is 0 Å². The lowest BCUT2D eigenvalue weighted by Crippen LogP contribution is -2.34. The van der Waals surface area contributed by atoms with Crippen LogP contribution in [0.25, 0.3) is 0 Å². The van der Waals surface area contributed by atoms with Crippen molar-refractivity contribution in [2.45, 2.75) is 25.2 Å². The Morgan fingerprint density at radius 1 is 1.08 bits per heavy atom. The number of sulfonamides is 1. The molecule has 0 aliphatic heterocycles. The smallest absolute Gasteiger partial charge is 0.240 e. The number of benzene rings is 2. The second-order valence-corrected chi connectivity index (χ2v) is 7.90. The van der Waals surface area contributed by atoms with Crippen LogP contribution in [0.1, 0.15) is 18.9 Å². The molecular formula is C19H24N2O3S. The zero-order chi connectivity index (χ0) is 18.4. The molecular weight excluding hydrogens is 336 g/mol. The maximum atomic E-state index is 12.5. The standard InChI is InChI=1S/C19H24N2O3S/c1-15-9-11-18(12-10-15)25(23,24)20-14-13-16(2)19(22)21(3)17-7-5-4-6-8-17/h4-12,16,20H,13-14H2,1-3H3. The first kappa shape index (κ1) is 19.1. The molecule has 25 heavy (non-hydrogen) atoms. The van der Waals surface area contributed by atoms with Crippen molar-refractivity contribution < 1.29 is 13.2 Å². The largest absolute Gasteiger partial charge is 0.315 e. The number of rotatable bonds is 7. The van der Waals surface area contributed by atoms with Crippen molar-refractivity contribution >= 4 is 21.6 Å². The van der Waals surface area contributed by atoms with Gasteiger partial charge in [-0.25, -0.2) is 13.1 Å². The van der Waals surface area contributed by atoms with Gasteiger partial charge < -0.3 is 4.90 Å². The number of nitrogens with one attached hydrogen (secondary N) is 1. The van der Waals surface area contributed by atoms with Gasteiger partial charge in [-0.1, -0.05) is 42.8 Å². The number of aryl methyl sites for hydroxylation is 1. The van der Waals surface area contributed by atoms with E-state index in [2.05, 4.69) is 4.72 Å². The van der Waals surface area contributed by atoms with Crippen LogP contribution in [0.5, 0.6) is 0 Å². The van der Waals surface area contributed by atoms with Crippen LogP contribution in [0, 0.1) is 12.8 Å². The summed E-state index contributed by atoms with van der Waals surface area (Å²) in [5.41, 5.74) is 1.82. The SMILES string of the molecule is Cc1ccc(S(=O)(=O)NCCC(C)C(=O)N(C)c2ccccc2)cc1. The molecule has 0 saturated heterocycles. The number of para-hydroxylation sites is 1. The molecule has 1 unspecified atom stereocenters. The van der Waals surface area contributed by atoms with Crippen molar-refractivity contribution in [3.8, 4) is 0 Å². The minimum Gasteiger partial charge on any atom is -0.315 e. The lowest BCUT2D eigenvalue weighted by Gasteiger charge is -2.21. The lowest BCUT2D eigenvalue weighted by molar-refractivity contribution is -0.121. The predicted molar refractivity (Wildman–Crippen MR) is 100 cm³/mol. The summed E-state index contributed by atoms with van der Waals surface area (Å²) in [4.78, 5) is 14.3. The van der Waals surface area contributed by atoms with Crippen LogP contribution in [-0.4, -0.2) is 27.9 Å². The van der Waals surface area contributed by atoms with E-state index in [-0.39, 0.29) is 23.3 Å². The normalized spacial score (nSPS) is 12.6. The van der Waals surface area contributed by atoms with E-state index in [9.17, 15) is 13.2 Å². The highest BCUT2D eigenvalue weighted by Crippen LogP contribution is 2.16. The van der Waals surface area contributed by atoms with E-state index in [0.717, 1.165) is 11.3 Å². The zero-order valence-corrected chi connectivity index (χ0v) is 15.6. The van der Waals surface area contributed by atoms with Crippen molar-refractivity contribution in [3.05, 3.63) is 60.2 Å². The molecule has 0 aliphatic rings. The van der Waals surface area contributed by atoms with Crippen LogP contribution < -0.4 is 9.62 Å². The van der Waals surface area contributed by atoms with Gasteiger partial charge in [0, 0.05) is 25.2 Å². The molecule has 1 amide bonds. The third-order valence-electron chi connectivity index (χ3n) is 4.10. The van der Waals surface area contributed by atoms with Crippen LogP contribution in [0.4, 0.5) is 5.69 Å². The molecule has 2 aromatic rings. The Bertz CT molecular complexity index is 802. The fourth-order valence-corrected chi connectivity index (χ4v) is 3.49. The Morgan fingerprint density at radius 3 is 2.28 bits per heavy atom. The monoisotopic (exact) mass is 360 g/mol.